The maximum atomic E-state index is 12.2. The smallest absolute Gasteiger partial charge is 0.356 e. The van der Waals surface area contributed by atoms with Crippen LogP contribution in [0.1, 0.15) is 34.1 Å². The van der Waals surface area contributed by atoms with Crippen LogP contribution in [0.3, 0.4) is 0 Å². The zero-order valence-electron chi connectivity index (χ0n) is 10.6. The molecule has 0 heterocycles. The van der Waals surface area contributed by atoms with Crippen molar-refractivity contribution in [3.63, 3.8) is 0 Å². The minimum absolute atomic E-state index is 0.0106. The van der Waals surface area contributed by atoms with E-state index in [0.717, 1.165) is 6.42 Å². The van der Waals surface area contributed by atoms with Gasteiger partial charge in [0.25, 0.3) is 0 Å². The quantitative estimate of drug-likeness (QED) is 0.504. The molecule has 0 aliphatic carbocycles. The second-order valence-electron chi connectivity index (χ2n) is 4.10. The molecule has 2 N–H and O–H groups in total. The Bertz CT molecular complexity index is 207. The maximum absolute atomic E-state index is 12.2. The van der Waals surface area contributed by atoms with E-state index in [-0.39, 0.29) is 18.6 Å². The van der Waals surface area contributed by atoms with Crippen LogP contribution in [0.15, 0.2) is 0 Å². The highest BCUT2D eigenvalue weighted by Gasteiger charge is 2.27. The molecule has 6 heteroatoms. The summed E-state index contributed by atoms with van der Waals surface area (Å²) in [5.74, 6) is 0. The Morgan fingerprint density at radius 1 is 1.12 bits per heavy atom. The predicted molar refractivity (Wildman–Crippen MR) is 64.5 cm³/mol. The van der Waals surface area contributed by atoms with Crippen molar-refractivity contribution in [1.82, 2.24) is 0 Å². The fourth-order valence-corrected chi connectivity index (χ4v) is 2.90. The molecular weight excluding hydrogens is 229 g/mol. The van der Waals surface area contributed by atoms with E-state index in [1.807, 2.05) is 27.7 Å². The highest BCUT2D eigenvalue weighted by atomic mass is 31.2. The Morgan fingerprint density at radius 2 is 1.62 bits per heavy atom. The van der Waals surface area contributed by atoms with Crippen molar-refractivity contribution in [2.24, 2.45) is 5.73 Å². The van der Waals surface area contributed by atoms with Gasteiger partial charge >= 0.3 is 7.60 Å². The van der Waals surface area contributed by atoms with E-state index >= 15 is 0 Å². The summed E-state index contributed by atoms with van der Waals surface area (Å²) < 4.78 is 28.1. The van der Waals surface area contributed by atoms with Crippen molar-refractivity contribution in [3.05, 3.63) is 0 Å². The van der Waals surface area contributed by atoms with Gasteiger partial charge in [0.05, 0.1) is 12.2 Å². The monoisotopic (exact) mass is 253 g/mol. The second kappa shape index (κ2) is 8.20. The average Bonchev–Trinajstić information content (AvgIpc) is 2.09. The van der Waals surface area contributed by atoms with Crippen LogP contribution in [-0.4, -0.2) is 31.7 Å². The van der Waals surface area contributed by atoms with E-state index in [0.29, 0.717) is 13.2 Å². The van der Waals surface area contributed by atoms with Gasteiger partial charge < -0.3 is 19.5 Å². The zero-order valence-corrected chi connectivity index (χ0v) is 11.5. The van der Waals surface area contributed by atoms with E-state index < -0.39 is 7.60 Å². The summed E-state index contributed by atoms with van der Waals surface area (Å²) >= 11 is 0. The lowest BCUT2D eigenvalue weighted by molar-refractivity contribution is 0.0984. The van der Waals surface area contributed by atoms with Crippen LogP contribution >= 0.6 is 7.60 Å². The van der Waals surface area contributed by atoms with Crippen LogP contribution in [0.2, 0.25) is 0 Å². The van der Waals surface area contributed by atoms with Gasteiger partial charge in [0, 0.05) is 6.61 Å². The SMILES string of the molecule is CC(C)OP(=O)(COCCCN)OC(C)C. The van der Waals surface area contributed by atoms with Gasteiger partial charge in [0.2, 0.25) is 0 Å². The lowest BCUT2D eigenvalue weighted by atomic mass is 10.5. The molecule has 0 amide bonds. The molecule has 0 aliphatic rings. The van der Waals surface area contributed by atoms with Gasteiger partial charge in [0.1, 0.15) is 6.35 Å². The molecule has 98 valence electrons. The van der Waals surface area contributed by atoms with E-state index in [4.69, 9.17) is 19.5 Å². The molecule has 0 rings (SSSR count). The largest absolute Gasteiger partial charge is 0.369 e. The summed E-state index contributed by atoms with van der Waals surface area (Å²) in [7, 11) is -3.13. The molecule has 5 nitrogen and oxygen atoms in total. The van der Waals surface area contributed by atoms with Crippen molar-refractivity contribution < 1.29 is 18.3 Å². The first-order valence-corrected chi connectivity index (χ1v) is 7.36. The van der Waals surface area contributed by atoms with Gasteiger partial charge in [-0.3, -0.25) is 4.57 Å². The molecule has 0 radical (unpaired) electrons. The number of hydrogen-bond acceptors (Lipinski definition) is 5. The second-order valence-corrected chi connectivity index (χ2v) is 6.00. The van der Waals surface area contributed by atoms with E-state index in [2.05, 4.69) is 0 Å². The van der Waals surface area contributed by atoms with Crippen LogP contribution in [0.25, 0.3) is 0 Å². The highest BCUT2D eigenvalue weighted by Crippen LogP contribution is 2.50. The van der Waals surface area contributed by atoms with Crippen molar-refractivity contribution in [3.8, 4) is 0 Å². The summed E-state index contributed by atoms with van der Waals surface area (Å²) in [6.45, 7) is 8.29. The normalized spacial score (nSPS) is 12.7. The molecule has 0 saturated carbocycles. The Hall–Kier alpha value is 0.0700. The third kappa shape index (κ3) is 8.25. The summed E-state index contributed by atoms with van der Waals surface area (Å²) in [6, 6.07) is 0. The molecule has 0 aromatic rings. The fraction of sp³-hybridized carbons (Fsp3) is 1.00. The molecule has 0 saturated heterocycles. The third-order valence-electron chi connectivity index (χ3n) is 1.49. The van der Waals surface area contributed by atoms with Gasteiger partial charge in [-0.1, -0.05) is 0 Å². The maximum Gasteiger partial charge on any atom is 0.356 e. The van der Waals surface area contributed by atoms with Crippen LogP contribution in [0, 0.1) is 0 Å². The van der Waals surface area contributed by atoms with Gasteiger partial charge in [0.15, 0.2) is 0 Å². The number of hydrogen-bond donors (Lipinski definition) is 1. The van der Waals surface area contributed by atoms with Crippen molar-refractivity contribution in [2.75, 3.05) is 19.5 Å². The molecule has 0 spiro atoms. The van der Waals surface area contributed by atoms with Crippen LogP contribution in [-0.2, 0) is 18.3 Å². The van der Waals surface area contributed by atoms with Crippen molar-refractivity contribution in [1.29, 1.82) is 0 Å². The molecule has 0 unspecified atom stereocenters. The van der Waals surface area contributed by atoms with Gasteiger partial charge in [-0.25, -0.2) is 0 Å². The predicted octanol–water partition coefficient (Wildman–Crippen LogP) is 2.35. The molecule has 0 atom stereocenters. The van der Waals surface area contributed by atoms with Crippen LogP contribution in [0.5, 0.6) is 0 Å². The van der Waals surface area contributed by atoms with Crippen molar-refractivity contribution in [2.45, 2.75) is 46.3 Å². The lowest BCUT2D eigenvalue weighted by Gasteiger charge is -2.22. The molecule has 0 aliphatic heterocycles. The first-order valence-electron chi connectivity index (χ1n) is 5.63. The summed E-state index contributed by atoms with van der Waals surface area (Å²) in [6.07, 6.45) is 0.428. The summed E-state index contributed by atoms with van der Waals surface area (Å²) in [5, 5.41) is 0. The third-order valence-corrected chi connectivity index (χ3v) is 3.47. The van der Waals surface area contributed by atoms with Crippen LogP contribution < -0.4 is 5.73 Å². The lowest BCUT2D eigenvalue weighted by Crippen LogP contribution is -2.13. The Morgan fingerprint density at radius 3 is 2.00 bits per heavy atom. The number of nitrogens with two attached hydrogens (primary N) is 1. The van der Waals surface area contributed by atoms with Gasteiger partial charge in [-0.15, -0.1) is 0 Å². The van der Waals surface area contributed by atoms with E-state index in [1.165, 1.54) is 0 Å². The Kier molecular flexibility index (Phi) is 8.24. The molecule has 0 aromatic heterocycles. The first-order chi connectivity index (χ1) is 7.39. The molecule has 16 heavy (non-hydrogen) atoms. The van der Waals surface area contributed by atoms with Crippen molar-refractivity contribution >= 4 is 7.60 Å². The molecular formula is C10H24NO4P. The average molecular weight is 253 g/mol. The summed E-state index contributed by atoms with van der Waals surface area (Å²) in [4.78, 5) is 0. The topological polar surface area (TPSA) is 70.8 Å². The van der Waals surface area contributed by atoms with E-state index in [9.17, 15) is 4.57 Å². The molecule has 0 aromatic carbocycles. The Labute approximate surface area is 98.2 Å². The van der Waals surface area contributed by atoms with Gasteiger partial charge in [-0.2, -0.15) is 0 Å². The minimum Gasteiger partial charge on any atom is -0.369 e. The van der Waals surface area contributed by atoms with E-state index in [1.54, 1.807) is 0 Å². The zero-order chi connectivity index (χ0) is 12.6. The van der Waals surface area contributed by atoms with Gasteiger partial charge in [-0.05, 0) is 40.7 Å². The van der Waals surface area contributed by atoms with Crippen LogP contribution in [0.4, 0.5) is 0 Å². The molecule has 0 fully saturated rings. The fourth-order valence-electron chi connectivity index (χ4n) is 1.09. The highest BCUT2D eigenvalue weighted by molar-refractivity contribution is 7.53. The summed E-state index contributed by atoms with van der Waals surface area (Å²) in [5.41, 5.74) is 5.33. The Balaban J connectivity index is 4.14. The first kappa shape index (κ1) is 16.1. The number of ether oxygens (including phenoxy) is 1. The minimum atomic E-state index is -3.13. The molecule has 0 bridgehead atoms. The standard InChI is InChI=1S/C10H24NO4P/c1-9(2)14-16(12,15-10(3)4)8-13-7-5-6-11/h9-10H,5-8,11H2,1-4H3. The number of rotatable bonds is 9.